The third-order valence-electron chi connectivity index (χ3n) is 1.75. The summed E-state index contributed by atoms with van der Waals surface area (Å²) in [7, 11) is 0. The summed E-state index contributed by atoms with van der Waals surface area (Å²) in [5.41, 5.74) is 6.57. The first-order valence-electron chi connectivity index (χ1n) is 4.09. The van der Waals surface area contributed by atoms with Crippen LogP contribution in [0.1, 0.15) is 0 Å². The van der Waals surface area contributed by atoms with E-state index in [0.29, 0.717) is 17.1 Å². The predicted octanol–water partition coefficient (Wildman–Crippen LogP) is 1.86. The monoisotopic (exact) mass is 189 g/mol. The van der Waals surface area contributed by atoms with Crippen molar-refractivity contribution >= 4 is 5.69 Å². The van der Waals surface area contributed by atoms with E-state index in [0.717, 1.165) is 0 Å². The zero-order valence-electron chi connectivity index (χ0n) is 7.31. The summed E-state index contributed by atoms with van der Waals surface area (Å²) in [5, 5.41) is 0. The topological polar surface area (TPSA) is 51.8 Å². The maximum atomic E-state index is 12.9. The van der Waals surface area contributed by atoms with Gasteiger partial charge < -0.3 is 5.73 Å². The summed E-state index contributed by atoms with van der Waals surface area (Å²) in [6.45, 7) is 0. The summed E-state index contributed by atoms with van der Waals surface area (Å²) < 4.78 is 12.9. The van der Waals surface area contributed by atoms with Crippen molar-refractivity contribution < 1.29 is 4.39 Å². The van der Waals surface area contributed by atoms with Crippen LogP contribution in [0, 0.1) is 5.82 Å². The summed E-state index contributed by atoms with van der Waals surface area (Å²) in [5.74, 6) is 0.168. The Hall–Kier alpha value is -1.97. The van der Waals surface area contributed by atoms with Gasteiger partial charge in [0.25, 0.3) is 0 Å². The third-order valence-corrected chi connectivity index (χ3v) is 1.75. The molecule has 0 atom stereocenters. The Morgan fingerprint density at radius 3 is 2.50 bits per heavy atom. The highest BCUT2D eigenvalue weighted by molar-refractivity contribution is 5.55. The second kappa shape index (κ2) is 3.41. The quantitative estimate of drug-likeness (QED) is 0.744. The summed E-state index contributed by atoms with van der Waals surface area (Å²) in [4.78, 5) is 7.97. The molecular weight excluding hydrogens is 181 g/mol. The molecule has 0 unspecified atom stereocenters. The molecule has 0 saturated carbocycles. The van der Waals surface area contributed by atoms with E-state index in [1.807, 2.05) is 0 Å². The van der Waals surface area contributed by atoms with Crippen LogP contribution in [0.25, 0.3) is 11.4 Å². The molecule has 1 aromatic carbocycles. The Bertz CT molecular complexity index is 439. The van der Waals surface area contributed by atoms with Crippen molar-refractivity contribution in [2.24, 2.45) is 0 Å². The minimum absolute atomic E-state index is 0.303. The van der Waals surface area contributed by atoms with Crippen LogP contribution in [0.4, 0.5) is 10.1 Å². The fourth-order valence-corrected chi connectivity index (χ4v) is 1.11. The lowest BCUT2D eigenvalue weighted by atomic mass is 10.2. The summed E-state index contributed by atoms with van der Waals surface area (Å²) >= 11 is 0. The Morgan fingerprint density at radius 2 is 1.86 bits per heavy atom. The number of benzene rings is 1. The van der Waals surface area contributed by atoms with Gasteiger partial charge in [-0.2, -0.15) is 0 Å². The van der Waals surface area contributed by atoms with Gasteiger partial charge in [0, 0.05) is 5.56 Å². The number of nitrogen functional groups attached to an aromatic ring is 1. The van der Waals surface area contributed by atoms with E-state index in [2.05, 4.69) is 9.97 Å². The normalized spacial score (nSPS) is 10.1. The molecular formula is C10H8FN3. The van der Waals surface area contributed by atoms with Gasteiger partial charge in [-0.1, -0.05) is 12.1 Å². The number of aromatic nitrogens is 2. The van der Waals surface area contributed by atoms with Crippen LogP contribution in [0.15, 0.2) is 36.7 Å². The van der Waals surface area contributed by atoms with Gasteiger partial charge in [0.2, 0.25) is 0 Å². The highest BCUT2D eigenvalue weighted by atomic mass is 19.1. The summed E-state index contributed by atoms with van der Waals surface area (Å²) in [6, 6.07) is 6.12. The average Bonchev–Trinajstić information content (AvgIpc) is 2.19. The van der Waals surface area contributed by atoms with Gasteiger partial charge >= 0.3 is 0 Å². The van der Waals surface area contributed by atoms with Crippen molar-refractivity contribution in [1.29, 1.82) is 0 Å². The first-order valence-corrected chi connectivity index (χ1v) is 4.09. The predicted molar refractivity (Wildman–Crippen MR) is 51.8 cm³/mol. The highest BCUT2D eigenvalue weighted by Crippen LogP contribution is 2.15. The molecule has 0 aliphatic heterocycles. The van der Waals surface area contributed by atoms with Crippen LogP contribution in [-0.2, 0) is 0 Å². The van der Waals surface area contributed by atoms with Crippen molar-refractivity contribution in [3.63, 3.8) is 0 Å². The van der Waals surface area contributed by atoms with Gasteiger partial charge in [-0.3, -0.25) is 0 Å². The van der Waals surface area contributed by atoms with E-state index in [9.17, 15) is 4.39 Å². The number of rotatable bonds is 1. The smallest absolute Gasteiger partial charge is 0.159 e. The van der Waals surface area contributed by atoms with Gasteiger partial charge in [-0.05, 0) is 12.1 Å². The molecule has 0 fully saturated rings. The van der Waals surface area contributed by atoms with Crippen LogP contribution in [0.5, 0.6) is 0 Å². The van der Waals surface area contributed by atoms with Crippen LogP contribution < -0.4 is 5.73 Å². The van der Waals surface area contributed by atoms with Crippen molar-refractivity contribution in [3.8, 4) is 11.4 Å². The molecule has 14 heavy (non-hydrogen) atoms. The van der Waals surface area contributed by atoms with E-state index in [1.165, 1.54) is 24.5 Å². The molecule has 0 bridgehead atoms. The molecule has 3 nitrogen and oxygen atoms in total. The molecule has 0 saturated heterocycles. The molecule has 0 amide bonds. The molecule has 2 aromatic rings. The fourth-order valence-electron chi connectivity index (χ4n) is 1.11. The number of nitrogens with zero attached hydrogens (tertiary/aromatic N) is 2. The minimum Gasteiger partial charge on any atom is -0.396 e. The summed E-state index contributed by atoms with van der Waals surface area (Å²) in [6.07, 6.45) is 2.99. The van der Waals surface area contributed by atoms with Crippen LogP contribution in [0.2, 0.25) is 0 Å². The molecule has 4 heteroatoms. The molecule has 2 N–H and O–H groups in total. The van der Waals surface area contributed by atoms with Gasteiger partial charge in [-0.15, -0.1) is 0 Å². The molecule has 0 aliphatic carbocycles. The fraction of sp³-hybridized carbons (Fsp3) is 0. The average molecular weight is 189 g/mol. The van der Waals surface area contributed by atoms with Gasteiger partial charge in [0.15, 0.2) is 5.82 Å². The van der Waals surface area contributed by atoms with E-state index in [4.69, 9.17) is 5.73 Å². The standard InChI is InChI=1S/C10H8FN3/c11-8-3-1-2-7(4-8)10-13-5-9(12)6-14-10/h1-6H,12H2. The maximum absolute atomic E-state index is 12.9. The van der Waals surface area contributed by atoms with Gasteiger partial charge in [-0.25, -0.2) is 14.4 Å². The van der Waals surface area contributed by atoms with Crippen molar-refractivity contribution in [2.45, 2.75) is 0 Å². The lowest BCUT2D eigenvalue weighted by molar-refractivity contribution is 0.628. The highest BCUT2D eigenvalue weighted by Gasteiger charge is 2.00. The van der Waals surface area contributed by atoms with E-state index < -0.39 is 0 Å². The largest absolute Gasteiger partial charge is 0.396 e. The first-order chi connectivity index (χ1) is 6.75. The van der Waals surface area contributed by atoms with Crippen LogP contribution in [-0.4, -0.2) is 9.97 Å². The maximum Gasteiger partial charge on any atom is 0.159 e. The zero-order valence-corrected chi connectivity index (χ0v) is 7.31. The van der Waals surface area contributed by atoms with Crippen LogP contribution in [0.3, 0.4) is 0 Å². The molecule has 1 aromatic heterocycles. The van der Waals surface area contributed by atoms with Crippen molar-refractivity contribution in [1.82, 2.24) is 9.97 Å². The van der Waals surface area contributed by atoms with E-state index in [1.54, 1.807) is 12.1 Å². The third kappa shape index (κ3) is 1.69. The molecule has 0 radical (unpaired) electrons. The lowest BCUT2D eigenvalue weighted by Crippen LogP contribution is -1.92. The molecule has 1 heterocycles. The number of anilines is 1. The Kier molecular flexibility index (Phi) is 2.10. The Balaban J connectivity index is 2.44. The SMILES string of the molecule is Nc1cnc(-c2cccc(F)c2)nc1. The molecule has 0 spiro atoms. The van der Waals surface area contributed by atoms with E-state index in [-0.39, 0.29) is 5.82 Å². The molecule has 70 valence electrons. The number of halogens is 1. The molecule has 0 aliphatic rings. The first kappa shape index (κ1) is 8.62. The second-order valence-corrected chi connectivity index (χ2v) is 2.85. The lowest BCUT2D eigenvalue weighted by Gasteiger charge is -1.99. The molecule has 2 rings (SSSR count). The van der Waals surface area contributed by atoms with Gasteiger partial charge in [0.05, 0.1) is 18.1 Å². The van der Waals surface area contributed by atoms with Crippen molar-refractivity contribution in [2.75, 3.05) is 5.73 Å². The second-order valence-electron chi connectivity index (χ2n) is 2.85. The van der Waals surface area contributed by atoms with Crippen LogP contribution >= 0.6 is 0 Å². The number of hydrogen-bond donors (Lipinski definition) is 1. The minimum atomic E-state index is -0.303. The van der Waals surface area contributed by atoms with Gasteiger partial charge in [0.1, 0.15) is 5.82 Å². The van der Waals surface area contributed by atoms with E-state index >= 15 is 0 Å². The zero-order chi connectivity index (χ0) is 9.97. The number of hydrogen-bond acceptors (Lipinski definition) is 3. The van der Waals surface area contributed by atoms with Crippen molar-refractivity contribution in [3.05, 3.63) is 42.5 Å². The number of nitrogens with two attached hydrogens (primary N) is 1. The Labute approximate surface area is 80.4 Å². The Morgan fingerprint density at radius 1 is 1.14 bits per heavy atom.